The Morgan fingerprint density at radius 3 is 2.33 bits per heavy atom. The first-order chi connectivity index (χ1) is 8.29. The summed E-state index contributed by atoms with van der Waals surface area (Å²) in [7, 11) is 0. The van der Waals surface area contributed by atoms with Crippen LogP contribution in [0.4, 0.5) is 4.79 Å². The molecule has 0 aromatic carbocycles. The maximum atomic E-state index is 11.7. The van der Waals surface area contributed by atoms with E-state index in [4.69, 9.17) is 10.5 Å². The minimum absolute atomic E-state index is 0.242. The molecule has 5 heteroatoms. The summed E-state index contributed by atoms with van der Waals surface area (Å²) in [6, 6.07) is -0.417. The van der Waals surface area contributed by atoms with Crippen LogP contribution in [-0.4, -0.2) is 29.1 Å². The Morgan fingerprint density at radius 2 is 1.89 bits per heavy atom. The molecule has 1 aliphatic carbocycles. The summed E-state index contributed by atoms with van der Waals surface area (Å²) in [5.41, 5.74) is 5.02. The third kappa shape index (κ3) is 5.23. The second-order valence-corrected chi connectivity index (χ2v) is 6.06. The molecule has 1 fully saturated rings. The van der Waals surface area contributed by atoms with Gasteiger partial charge in [-0.25, -0.2) is 4.79 Å². The molecule has 0 aromatic rings. The first-order valence-corrected chi connectivity index (χ1v) is 6.73. The smallest absolute Gasteiger partial charge is 0.408 e. The van der Waals surface area contributed by atoms with Crippen molar-refractivity contribution in [2.75, 3.05) is 0 Å². The number of ether oxygens (including phenoxy) is 1. The highest BCUT2D eigenvalue weighted by Crippen LogP contribution is 2.27. The molecule has 0 heterocycles. The molecule has 0 unspecified atom stereocenters. The molecule has 1 saturated carbocycles. The van der Waals surface area contributed by atoms with Gasteiger partial charge < -0.3 is 20.9 Å². The Balaban J connectivity index is 2.54. The van der Waals surface area contributed by atoms with Gasteiger partial charge in [-0.05, 0) is 39.5 Å². The van der Waals surface area contributed by atoms with E-state index in [1.165, 1.54) is 6.42 Å². The van der Waals surface area contributed by atoms with Gasteiger partial charge in [-0.1, -0.05) is 19.3 Å². The van der Waals surface area contributed by atoms with Gasteiger partial charge in [-0.15, -0.1) is 0 Å². The van der Waals surface area contributed by atoms with Crippen molar-refractivity contribution in [2.24, 2.45) is 11.7 Å². The molecule has 0 aromatic heterocycles. The summed E-state index contributed by atoms with van der Waals surface area (Å²) >= 11 is 0. The van der Waals surface area contributed by atoms with Gasteiger partial charge in [0.05, 0.1) is 6.04 Å². The molecule has 1 amide bonds. The van der Waals surface area contributed by atoms with E-state index in [0.29, 0.717) is 0 Å². The molecular weight excluding hydrogens is 232 g/mol. The zero-order valence-electron chi connectivity index (χ0n) is 11.6. The highest BCUT2D eigenvalue weighted by atomic mass is 16.6. The fourth-order valence-corrected chi connectivity index (χ4v) is 2.42. The molecular formula is C13H26N2O3. The van der Waals surface area contributed by atoms with E-state index in [1.54, 1.807) is 20.8 Å². The van der Waals surface area contributed by atoms with Gasteiger partial charge >= 0.3 is 6.09 Å². The standard InChI is InChI=1S/C13H26N2O3/c1-13(2,3)18-12(17)15-10(11(14)16)9-7-5-4-6-8-9/h9-11,16H,4-8,14H2,1-3H3,(H,15,17)/t10-,11-/m0/s1. The molecule has 5 nitrogen and oxygen atoms in total. The van der Waals surface area contributed by atoms with Crippen LogP contribution in [0, 0.1) is 5.92 Å². The molecule has 0 saturated heterocycles. The van der Waals surface area contributed by atoms with Gasteiger partial charge in [0.25, 0.3) is 0 Å². The Kier molecular flexibility index (Phi) is 5.41. The number of aliphatic hydroxyl groups is 1. The molecule has 1 aliphatic rings. The number of rotatable bonds is 3. The molecule has 0 bridgehead atoms. The van der Waals surface area contributed by atoms with Crippen LogP contribution >= 0.6 is 0 Å². The minimum atomic E-state index is -1.04. The van der Waals surface area contributed by atoms with Crippen molar-refractivity contribution >= 4 is 6.09 Å². The van der Waals surface area contributed by atoms with Crippen molar-refractivity contribution in [1.29, 1.82) is 0 Å². The number of nitrogens with two attached hydrogens (primary N) is 1. The summed E-state index contributed by atoms with van der Waals surface area (Å²) in [5, 5.41) is 12.3. The second-order valence-electron chi connectivity index (χ2n) is 6.06. The first-order valence-electron chi connectivity index (χ1n) is 6.73. The monoisotopic (exact) mass is 258 g/mol. The predicted molar refractivity (Wildman–Crippen MR) is 69.9 cm³/mol. The predicted octanol–water partition coefficient (Wildman–Crippen LogP) is 1.74. The van der Waals surface area contributed by atoms with Crippen LogP contribution in [0.25, 0.3) is 0 Å². The van der Waals surface area contributed by atoms with E-state index in [-0.39, 0.29) is 5.92 Å². The lowest BCUT2D eigenvalue weighted by atomic mass is 9.83. The number of hydrogen-bond donors (Lipinski definition) is 3. The van der Waals surface area contributed by atoms with Crippen molar-refractivity contribution < 1.29 is 14.6 Å². The van der Waals surface area contributed by atoms with Crippen LogP contribution in [0.15, 0.2) is 0 Å². The molecule has 1 rings (SSSR count). The highest BCUT2D eigenvalue weighted by molar-refractivity contribution is 5.68. The number of alkyl carbamates (subject to hydrolysis) is 1. The topological polar surface area (TPSA) is 84.6 Å². The number of amides is 1. The van der Waals surface area contributed by atoms with Gasteiger partial charge in [-0.2, -0.15) is 0 Å². The molecule has 0 radical (unpaired) electrons. The first kappa shape index (κ1) is 15.2. The summed E-state index contributed by atoms with van der Waals surface area (Å²) in [5.74, 6) is 0.242. The van der Waals surface area contributed by atoms with Crippen molar-refractivity contribution in [1.82, 2.24) is 5.32 Å². The lowest BCUT2D eigenvalue weighted by molar-refractivity contribution is 0.0336. The fourth-order valence-electron chi connectivity index (χ4n) is 2.42. The Hall–Kier alpha value is -0.810. The zero-order valence-corrected chi connectivity index (χ0v) is 11.6. The van der Waals surface area contributed by atoms with E-state index in [2.05, 4.69) is 5.32 Å². The lowest BCUT2D eigenvalue weighted by Crippen LogP contribution is -2.53. The van der Waals surface area contributed by atoms with Crippen molar-refractivity contribution in [2.45, 2.75) is 70.7 Å². The molecule has 0 aliphatic heterocycles. The molecule has 2 atom stereocenters. The van der Waals surface area contributed by atoms with E-state index in [1.807, 2.05) is 0 Å². The summed E-state index contributed by atoms with van der Waals surface area (Å²) in [4.78, 5) is 11.7. The minimum Gasteiger partial charge on any atom is -0.444 e. The van der Waals surface area contributed by atoms with Gasteiger partial charge in [0.1, 0.15) is 11.8 Å². The largest absolute Gasteiger partial charge is 0.444 e. The summed E-state index contributed by atoms with van der Waals surface area (Å²) in [6.45, 7) is 5.42. The average Bonchev–Trinajstić information content (AvgIpc) is 2.24. The third-order valence-electron chi connectivity index (χ3n) is 3.21. The normalized spacial score (nSPS) is 21.2. The van der Waals surface area contributed by atoms with Crippen LogP contribution < -0.4 is 11.1 Å². The quantitative estimate of drug-likeness (QED) is 0.673. The number of aliphatic hydroxyl groups excluding tert-OH is 1. The van der Waals surface area contributed by atoms with E-state index >= 15 is 0 Å². The zero-order chi connectivity index (χ0) is 13.8. The summed E-state index contributed by atoms with van der Waals surface area (Å²) in [6.07, 6.45) is 3.91. The van der Waals surface area contributed by atoms with E-state index < -0.39 is 24.0 Å². The van der Waals surface area contributed by atoms with Gasteiger partial charge in [-0.3, -0.25) is 0 Å². The van der Waals surface area contributed by atoms with E-state index in [0.717, 1.165) is 25.7 Å². The lowest BCUT2D eigenvalue weighted by Gasteiger charge is -2.33. The SMILES string of the molecule is CC(C)(C)OC(=O)N[C@@H](C1CCCCC1)[C@@H](N)O. The van der Waals surface area contributed by atoms with Crippen LogP contribution in [-0.2, 0) is 4.74 Å². The average molecular weight is 258 g/mol. The van der Waals surface area contributed by atoms with Crippen LogP contribution in [0.2, 0.25) is 0 Å². The van der Waals surface area contributed by atoms with Crippen LogP contribution in [0.1, 0.15) is 52.9 Å². The van der Waals surface area contributed by atoms with Crippen molar-refractivity contribution in [3.8, 4) is 0 Å². The second kappa shape index (κ2) is 6.38. The Morgan fingerprint density at radius 1 is 1.33 bits per heavy atom. The maximum Gasteiger partial charge on any atom is 0.408 e. The Bertz CT molecular complexity index is 268. The van der Waals surface area contributed by atoms with Crippen LogP contribution in [0.5, 0.6) is 0 Å². The molecule has 106 valence electrons. The fraction of sp³-hybridized carbons (Fsp3) is 0.923. The number of carbonyl (C=O) groups is 1. The van der Waals surface area contributed by atoms with Crippen molar-refractivity contribution in [3.63, 3.8) is 0 Å². The van der Waals surface area contributed by atoms with Gasteiger partial charge in [0, 0.05) is 0 Å². The van der Waals surface area contributed by atoms with Crippen LogP contribution in [0.3, 0.4) is 0 Å². The number of carbonyl (C=O) groups excluding carboxylic acids is 1. The number of nitrogens with one attached hydrogen (secondary N) is 1. The molecule has 18 heavy (non-hydrogen) atoms. The van der Waals surface area contributed by atoms with E-state index in [9.17, 15) is 9.90 Å². The number of hydrogen-bond acceptors (Lipinski definition) is 4. The highest BCUT2D eigenvalue weighted by Gasteiger charge is 2.30. The maximum absolute atomic E-state index is 11.7. The van der Waals surface area contributed by atoms with Gasteiger partial charge in [0.15, 0.2) is 0 Å². The van der Waals surface area contributed by atoms with Gasteiger partial charge in [0.2, 0.25) is 0 Å². The molecule has 4 N–H and O–H groups in total. The van der Waals surface area contributed by atoms with Crippen molar-refractivity contribution in [3.05, 3.63) is 0 Å². The molecule has 0 spiro atoms. The Labute approximate surface area is 109 Å². The summed E-state index contributed by atoms with van der Waals surface area (Å²) < 4.78 is 5.19. The third-order valence-corrected chi connectivity index (χ3v) is 3.21.